The molecule has 0 saturated heterocycles. The third-order valence-electron chi connectivity index (χ3n) is 3.89. The Kier molecular flexibility index (Phi) is 4.99. The number of rotatable bonds is 5. The van der Waals surface area contributed by atoms with E-state index in [1.807, 2.05) is 12.1 Å². The number of ether oxygens (including phenoxy) is 1. The van der Waals surface area contributed by atoms with Crippen LogP contribution in [0.15, 0.2) is 42.5 Å². The highest BCUT2D eigenvalue weighted by atomic mass is 16.5. The lowest BCUT2D eigenvalue weighted by molar-refractivity contribution is 0.414. The molecule has 0 aliphatic rings. The van der Waals surface area contributed by atoms with Crippen LogP contribution in [0, 0.1) is 6.92 Å². The van der Waals surface area contributed by atoms with Crippen molar-refractivity contribution in [3.8, 4) is 5.75 Å². The van der Waals surface area contributed by atoms with Gasteiger partial charge in [0.15, 0.2) is 0 Å². The van der Waals surface area contributed by atoms with Crippen molar-refractivity contribution in [2.75, 3.05) is 7.11 Å². The van der Waals surface area contributed by atoms with E-state index in [-0.39, 0.29) is 6.04 Å². The highest BCUT2D eigenvalue weighted by Crippen LogP contribution is 2.28. The van der Waals surface area contributed by atoms with E-state index < -0.39 is 0 Å². The molecule has 0 aromatic heterocycles. The van der Waals surface area contributed by atoms with E-state index >= 15 is 0 Å². The average Bonchev–Trinajstić information content (AvgIpc) is 2.50. The summed E-state index contributed by atoms with van der Waals surface area (Å²) in [6.07, 6.45) is 0. The van der Waals surface area contributed by atoms with E-state index in [0.29, 0.717) is 5.92 Å². The highest BCUT2D eigenvalue weighted by Gasteiger charge is 2.15. The predicted molar refractivity (Wildman–Crippen MR) is 87.4 cm³/mol. The number of nitrogens with two attached hydrogens (primary N) is 1. The zero-order chi connectivity index (χ0) is 15.4. The van der Waals surface area contributed by atoms with E-state index in [2.05, 4.69) is 56.5 Å². The monoisotopic (exact) mass is 284 g/mol. The Bertz CT molecular complexity index is 591. The normalized spacial score (nSPS) is 12.5. The third-order valence-corrected chi connectivity index (χ3v) is 3.89. The summed E-state index contributed by atoms with van der Waals surface area (Å²) < 4.78 is 5.26. The molecule has 0 fully saturated rings. The summed E-state index contributed by atoms with van der Waals surface area (Å²) in [7, 11) is 1.68. The van der Waals surface area contributed by atoms with Crippen molar-refractivity contribution in [3.05, 3.63) is 64.7 Å². The molecule has 0 radical (unpaired) electrons. The van der Waals surface area contributed by atoms with Gasteiger partial charge in [0.1, 0.15) is 5.75 Å². The first kappa shape index (κ1) is 15.5. The fourth-order valence-corrected chi connectivity index (χ4v) is 2.54. The smallest absolute Gasteiger partial charge is 0.119 e. The first-order valence-electron chi connectivity index (χ1n) is 7.27. The molecule has 0 heterocycles. The molecular weight excluding hydrogens is 260 g/mol. The molecule has 2 aromatic rings. The van der Waals surface area contributed by atoms with Crippen LogP contribution in [0.5, 0.6) is 5.75 Å². The maximum absolute atomic E-state index is 5.79. The van der Waals surface area contributed by atoms with Gasteiger partial charge in [0, 0.05) is 0 Å². The number of aryl methyl sites for hydroxylation is 1. The lowest BCUT2D eigenvalue weighted by Crippen LogP contribution is -2.29. The minimum Gasteiger partial charge on any atom is -0.497 e. The standard InChI is InChI=1S/C18H24N2O/c1-12(2)14-5-7-15(8-6-14)18(20-19)17-10-9-16(21-4)11-13(17)3/h5-12,18,20H,19H2,1-4H3. The van der Waals surface area contributed by atoms with Crippen molar-refractivity contribution in [1.29, 1.82) is 0 Å². The van der Waals surface area contributed by atoms with Crippen LogP contribution in [0.1, 0.15) is 48.1 Å². The molecule has 0 bridgehead atoms. The maximum Gasteiger partial charge on any atom is 0.119 e. The molecule has 0 aliphatic carbocycles. The van der Waals surface area contributed by atoms with Gasteiger partial charge in [-0.25, -0.2) is 5.43 Å². The Morgan fingerprint density at radius 3 is 2.10 bits per heavy atom. The Morgan fingerprint density at radius 1 is 1.00 bits per heavy atom. The average molecular weight is 284 g/mol. The van der Waals surface area contributed by atoms with Crippen molar-refractivity contribution in [2.45, 2.75) is 32.7 Å². The Morgan fingerprint density at radius 2 is 1.62 bits per heavy atom. The Hall–Kier alpha value is -1.84. The van der Waals surface area contributed by atoms with Crippen LogP contribution in [-0.4, -0.2) is 7.11 Å². The molecule has 0 spiro atoms. The van der Waals surface area contributed by atoms with Crippen LogP contribution in [0.4, 0.5) is 0 Å². The van der Waals surface area contributed by atoms with Crippen LogP contribution >= 0.6 is 0 Å². The Balaban J connectivity index is 2.35. The molecule has 2 rings (SSSR count). The molecule has 0 amide bonds. The van der Waals surface area contributed by atoms with Gasteiger partial charge in [-0.3, -0.25) is 5.84 Å². The van der Waals surface area contributed by atoms with Gasteiger partial charge in [-0.05, 0) is 47.2 Å². The van der Waals surface area contributed by atoms with Gasteiger partial charge in [0.2, 0.25) is 0 Å². The maximum atomic E-state index is 5.79. The van der Waals surface area contributed by atoms with Gasteiger partial charge in [-0.15, -0.1) is 0 Å². The van der Waals surface area contributed by atoms with Crippen molar-refractivity contribution >= 4 is 0 Å². The highest BCUT2D eigenvalue weighted by molar-refractivity contribution is 5.41. The zero-order valence-electron chi connectivity index (χ0n) is 13.2. The van der Waals surface area contributed by atoms with E-state index in [9.17, 15) is 0 Å². The molecule has 21 heavy (non-hydrogen) atoms. The molecule has 3 N–H and O–H groups in total. The van der Waals surface area contributed by atoms with E-state index in [1.54, 1.807) is 7.11 Å². The van der Waals surface area contributed by atoms with Crippen molar-refractivity contribution < 1.29 is 4.74 Å². The molecule has 0 saturated carbocycles. The lowest BCUT2D eigenvalue weighted by atomic mass is 9.93. The molecule has 1 unspecified atom stereocenters. The number of nitrogens with one attached hydrogen (secondary N) is 1. The summed E-state index contributed by atoms with van der Waals surface area (Å²) in [6, 6.07) is 14.7. The van der Waals surface area contributed by atoms with Crippen LogP contribution in [0.25, 0.3) is 0 Å². The molecule has 2 aromatic carbocycles. The van der Waals surface area contributed by atoms with Gasteiger partial charge in [0.25, 0.3) is 0 Å². The quantitative estimate of drug-likeness (QED) is 0.650. The second-order valence-corrected chi connectivity index (χ2v) is 5.64. The zero-order valence-corrected chi connectivity index (χ0v) is 13.2. The topological polar surface area (TPSA) is 47.3 Å². The fraction of sp³-hybridized carbons (Fsp3) is 0.333. The number of hydrogen-bond acceptors (Lipinski definition) is 3. The Labute approximate surface area is 127 Å². The first-order valence-corrected chi connectivity index (χ1v) is 7.27. The molecule has 112 valence electrons. The van der Waals surface area contributed by atoms with Gasteiger partial charge in [0.05, 0.1) is 13.2 Å². The molecule has 3 nitrogen and oxygen atoms in total. The molecular formula is C18H24N2O. The van der Waals surface area contributed by atoms with Crippen LogP contribution in [-0.2, 0) is 0 Å². The van der Waals surface area contributed by atoms with Gasteiger partial charge in [-0.1, -0.05) is 44.2 Å². The minimum absolute atomic E-state index is 0.0166. The van der Waals surface area contributed by atoms with Gasteiger partial charge < -0.3 is 4.74 Å². The van der Waals surface area contributed by atoms with Gasteiger partial charge in [-0.2, -0.15) is 0 Å². The summed E-state index contributed by atoms with van der Waals surface area (Å²) in [5, 5.41) is 0. The van der Waals surface area contributed by atoms with E-state index in [1.165, 1.54) is 5.56 Å². The summed E-state index contributed by atoms with van der Waals surface area (Å²) in [5.74, 6) is 7.19. The minimum atomic E-state index is -0.0166. The number of hydrogen-bond donors (Lipinski definition) is 2. The van der Waals surface area contributed by atoms with Crippen molar-refractivity contribution in [2.24, 2.45) is 5.84 Å². The first-order chi connectivity index (χ1) is 10.1. The number of hydrazine groups is 1. The molecule has 1 atom stereocenters. The fourth-order valence-electron chi connectivity index (χ4n) is 2.54. The van der Waals surface area contributed by atoms with Crippen LogP contribution < -0.4 is 16.0 Å². The SMILES string of the molecule is COc1ccc(C(NN)c2ccc(C(C)C)cc2)c(C)c1. The van der Waals surface area contributed by atoms with Gasteiger partial charge >= 0.3 is 0 Å². The lowest BCUT2D eigenvalue weighted by Gasteiger charge is -2.20. The third kappa shape index (κ3) is 3.43. The van der Waals surface area contributed by atoms with Crippen molar-refractivity contribution in [1.82, 2.24) is 5.43 Å². The summed E-state index contributed by atoms with van der Waals surface area (Å²) in [4.78, 5) is 0. The number of methoxy groups -OCH3 is 1. The molecule has 0 aliphatic heterocycles. The van der Waals surface area contributed by atoms with E-state index in [0.717, 1.165) is 22.4 Å². The predicted octanol–water partition coefficient (Wildman–Crippen LogP) is 3.68. The van der Waals surface area contributed by atoms with E-state index in [4.69, 9.17) is 10.6 Å². The largest absolute Gasteiger partial charge is 0.497 e. The summed E-state index contributed by atoms with van der Waals surface area (Å²) in [5.41, 5.74) is 7.74. The second-order valence-electron chi connectivity index (χ2n) is 5.64. The molecule has 3 heteroatoms. The van der Waals surface area contributed by atoms with Crippen LogP contribution in [0.3, 0.4) is 0 Å². The summed E-state index contributed by atoms with van der Waals surface area (Å²) in [6.45, 7) is 6.47. The number of benzene rings is 2. The van der Waals surface area contributed by atoms with Crippen LogP contribution in [0.2, 0.25) is 0 Å². The second kappa shape index (κ2) is 6.74. The van der Waals surface area contributed by atoms with Crippen molar-refractivity contribution in [3.63, 3.8) is 0 Å². The summed E-state index contributed by atoms with van der Waals surface area (Å²) >= 11 is 0.